The van der Waals surface area contributed by atoms with Gasteiger partial charge in [0.25, 0.3) is 0 Å². The van der Waals surface area contributed by atoms with Crippen molar-refractivity contribution >= 4 is 12.0 Å². The van der Waals surface area contributed by atoms with Crippen molar-refractivity contribution in [3.63, 3.8) is 0 Å². The molecule has 0 spiro atoms. The van der Waals surface area contributed by atoms with E-state index in [4.69, 9.17) is 5.11 Å². The monoisotopic (exact) mass is 301 g/mol. The van der Waals surface area contributed by atoms with E-state index in [1.54, 1.807) is 0 Å². The van der Waals surface area contributed by atoms with Gasteiger partial charge < -0.3 is 20.6 Å². The van der Waals surface area contributed by atoms with Crippen molar-refractivity contribution in [2.75, 3.05) is 27.2 Å². The van der Waals surface area contributed by atoms with Crippen LogP contribution in [-0.2, 0) is 4.79 Å². The number of likely N-dealkylation sites (N-methyl/N-ethyl adjacent to an activating group) is 1. The molecule has 0 aromatic heterocycles. The quantitative estimate of drug-likeness (QED) is 0.509. The molecule has 0 aliphatic carbocycles. The van der Waals surface area contributed by atoms with Gasteiger partial charge in [-0.1, -0.05) is 20.3 Å². The average molecular weight is 301 g/mol. The summed E-state index contributed by atoms with van der Waals surface area (Å²) in [6.45, 7) is 5.70. The number of hydrogen-bond acceptors (Lipinski definition) is 3. The summed E-state index contributed by atoms with van der Waals surface area (Å²) in [4.78, 5) is 24.2. The fourth-order valence-electron chi connectivity index (χ4n) is 2.21. The van der Waals surface area contributed by atoms with Crippen LogP contribution < -0.4 is 10.6 Å². The van der Waals surface area contributed by atoms with Crippen LogP contribution in [0.4, 0.5) is 4.79 Å². The Balaban J connectivity index is 3.84. The molecule has 0 aromatic carbocycles. The predicted molar refractivity (Wildman–Crippen MR) is 84.4 cm³/mol. The Morgan fingerprint density at radius 1 is 1.14 bits per heavy atom. The van der Waals surface area contributed by atoms with Gasteiger partial charge in [-0.15, -0.1) is 0 Å². The van der Waals surface area contributed by atoms with Gasteiger partial charge in [-0.3, -0.25) is 4.79 Å². The zero-order valence-corrected chi connectivity index (χ0v) is 13.8. The molecule has 6 nitrogen and oxygen atoms in total. The van der Waals surface area contributed by atoms with Crippen molar-refractivity contribution in [2.45, 2.75) is 52.0 Å². The Morgan fingerprint density at radius 2 is 1.81 bits per heavy atom. The summed E-state index contributed by atoms with van der Waals surface area (Å²) in [6, 6.07) is 0.00717. The maximum Gasteiger partial charge on any atom is 0.315 e. The van der Waals surface area contributed by atoms with Crippen LogP contribution >= 0.6 is 0 Å². The molecule has 0 aliphatic heterocycles. The molecule has 0 rings (SSSR count). The van der Waals surface area contributed by atoms with Crippen molar-refractivity contribution in [3.8, 4) is 0 Å². The normalized spacial score (nSPS) is 12.5. The van der Waals surface area contributed by atoms with Gasteiger partial charge in [-0.2, -0.15) is 0 Å². The van der Waals surface area contributed by atoms with Gasteiger partial charge in [0.1, 0.15) is 0 Å². The first-order chi connectivity index (χ1) is 9.81. The summed E-state index contributed by atoms with van der Waals surface area (Å²) in [5, 5.41) is 14.4. The fourth-order valence-corrected chi connectivity index (χ4v) is 2.21. The largest absolute Gasteiger partial charge is 0.481 e. The Hall–Kier alpha value is -1.30. The average Bonchev–Trinajstić information content (AvgIpc) is 2.31. The van der Waals surface area contributed by atoms with Gasteiger partial charge in [-0.25, -0.2) is 4.79 Å². The molecule has 0 heterocycles. The lowest BCUT2D eigenvalue weighted by Crippen LogP contribution is -2.47. The van der Waals surface area contributed by atoms with Gasteiger partial charge >= 0.3 is 12.0 Å². The summed E-state index contributed by atoms with van der Waals surface area (Å²) in [7, 11) is 3.99. The highest BCUT2D eigenvalue weighted by Gasteiger charge is 2.14. The van der Waals surface area contributed by atoms with Gasteiger partial charge in [0.15, 0.2) is 0 Å². The maximum absolute atomic E-state index is 11.8. The molecule has 0 saturated carbocycles. The Labute approximate surface area is 128 Å². The second-order valence-corrected chi connectivity index (χ2v) is 6.19. The zero-order valence-electron chi connectivity index (χ0n) is 13.8. The first kappa shape index (κ1) is 19.7. The number of amides is 2. The minimum Gasteiger partial charge on any atom is -0.481 e. The molecule has 0 fully saturated rings. The smallest absolute Gasteiger partial charge is 0.315 e. The SMILES string of the molecule is CC(C)CC(CN(C)C)NC(=O)NCCCCCC(=O)O. The molecule has 6 heteroatoms. The van der Waals surface area contributed by atoms with Gasteiger partial charge in [0.2, 0.25) is 0 Å². The third-order valence-corrected chi connectivity index (χ3v) is 3.03. The van der Waals surface area contributed by atoms with Crippen molar-refractivity contribution in [1.82, 2.24) is 15.5 Å². The van der Waals surface area contributed by atoms with E-state index >= 15 is 0 Å². The molecule has 0 aliphatic rings. The molecular weight excluding hydrogens is 270 g/mol. The number of carbonyl (C=O) groups is 2. The van der Waals surface area contributed by atoms with Crippen LogP contribution in [0, 0.1) is 5.92 Å². The number of urea groups is 1. The third kappa shape index (κ3) is 13.4. The fraction of sp³-hybridized carbons (Fsp3) is 0.867. The number of carboxylic acid groups (broad SMARTS) is 1. The summed E-state index contributed by atoms with van der Waals surface area (Å²) in [5.74, 6) is -0.229. The van der Waals surface area contributed by atoms with Crippen LogP contribution in [0.25, 0.3) is 0 Å². The number of unbranched alkanes of at least 4 members (excludes halogenated alkanes) is 2. The first-order valence-corrected chi connectivity index (χ1v) is 7.72. The molecule has 1 atom stereocenters. The minimum absolute atomic E-state index is 0.138. The molecule has 3 N–H and O–H groups in total. The predicted octanol–water partition coefficient (Wildman–Crippen LogP) is 1.91. The number of rotatable bonds is 11. The van der Waals surface area contributed by atoms with Crippen LogP contribution in [0.1, 0.15) is 46.0 Å². The number of hydrogen-bond donors (Lipinski definition) is 3. The number of nitrogens with zero attached hydrogens (tertiary/aromatic N) is 1. The molecule has 124 valence electrons. The van der Waals surface area contributed by atoms with Crippen molar-refractivity contribution in [3.05, 3.63) is 0 Å². The Kier molecular flexibility index (Phi) is 10.7. The minimum atomic E-state index is -0.763. The van der Waals surface area contributed by atoms with Crippen LogP contribution in [0.3, 0.4) is 0 Å². The maximum atomic E-state index is 11.8. The lowest BCUT2D eigenvalue weighted by molar-refractivity contribution is -0.137. The lowest BCUT2D eigenvalue weighted by atomic mass is 10.0. The highest BCUT2D eigenvalue weighted by Crippen LogP contribution is 2.05. The van der Waals surface area contributed by atoms with Crippen molar-refractivity contribution in [2.24, 2.45) is 5.92 Å². The van der Waals surface area contributed by atoms with Crippen LogP contribution in [0.15, 0.2) is 0 Å². The summed E-state index contributed by atoms with van der Waals surface area (Å²) in [5.41, 5.74) is 0. The van der Waals surface area contributed by atoms with E-state index in [-0.39, 0.29) is 18.5 Å². The van der Waals surface area contributed by atoms with Gasteiger partial charge in [0.05, 0.1) is 0 Å². The number of nitrogens with one attached hydrogen (secondary N) is 2. The van der Waals surface area contributed by atoms with Crippen LogP contribution in [-0.4, -0.2) is 55.2 Å². The molecule has 0 saturated heterocycles. The summed E-state index contributed by atoms with van der Waals surface area (Å²) >= 11 is 0. The molecule has 0 bridgehead atoms. The van der Waals surface area contributed by atoms with E-state index in [9.17, 15) is 9.59 Å². The molecule has 0 radical (unpaired) electrons. The highest BCUT2D eigenvalue weighted by molar-refractivity contribution is 5.74. The topological polar surface area (TPSA) is 81.7 Å². The molecule has 1 unspecified atom stereocenters. The van der Waals surface area contributed by atoms with Crippen LogP contribution in [0.5, 0.6) is 0 Å². The molecule has 0 aromatic rings. The Morgan fingerprint density at radius 3 is 2.33 bits per heavy atom. The summed E-state index contributed by atoms with van der Waals surface area (Å²) in [6.07, 6.45) is 3.44. The van der Waals surface area contributed by atoms with E-state index in [0.29, 0.717) is 18.9 Å². The number of carbonyl (C=O) groups excluding carboxylic acids is 1. The second-order valence-electron chi connectivity index (χ2n) is 6.19. The van der Waals surface area contributed by atoms with Gasteiger partial charge in [-0.05, 0) is 39.3 Å². The molecule has 2 amide bonds. The van der Waals surface area contributed by atoms with E-state index in [2.05, 4.69) is 29.4 Å². The zero-order chi connectivity index (χ0) is 16.3. The van der Waals surface area contributed by atoms with E-state index in [1.165, 1.54) is 0 Å². The highest BCUT2D eigenvalue weighted by atomic mass is 16.4. The third-order valence-electron chi connectivity index (χ3n) is 3.03. The molecule has 21 heavy (non-hydrogen) atoms. The van der Waals surface area contributed by atoms with Crippen molar-refractivity contribution < 1.29 is 14.7 Å². The molecular formula is C15H31N3O3. The standard InChI is InChI=1S/C15H31N3O3/c1-12(2)10-13(11-18(3)4)17-15(21)16-9-7-5-6-8-14(19)20/h12-13H,5-11H2,1-4H3,(H,19,20)(H2,16,17,21). The number of carboxylic acids is 1. The lowest BCUT2D eigenvalue weighted by Gasteiger charge is -2.24. The van der Waals surface area contributed by atoms with Crippen LogP contribution in [0.2, 0.25) is 0 Å². The Bertz CT molecular complexity index is 297. The van der Waals surface area contributed by atoms with E-state index < -0.39 is 5.97 Å². The second kappa shape index (κ2) is 11.4. The number of aliphatic carboxylic acids is 1. The van der Waals surface area contributed by atoms with E-state index in [0.717, 1.165) is 25.8 Å². The first-order valence-electron chi connectivity index (χ1n) is 7.72. The van der Waals surface area contributed by atoms with Gasteiger partial charge in [0, 0.05) is 25.6 Å². The summed E-state index contributed by atoms with van der Waals surface area (Å²) < 4.78 is 0. The van der Waals surface area contributed by atoms with E-state index in [1.807, 2.05) is 14.1 Å². The van der Waals surface area contributed by atoms with Crippen molar-refractivity contribution in [1.29, 1.82) is 0 Å².